The maximum absolute atomic E-state index is 13.2. The zero-order valence-electron chi connectivity index (χ0n) is 14.3. The van der Waals surface area contributed by atoms with Crippen LogP contribution >= 0.6 is 0 Å². The first-order valence-corrected chi connectivity index (χ1v) is 8.74. The van der Waals surface area contributed by atoms with Crippen LogP contribution in [0.3, 0.4) is 0 Å². The number of amides is 1. The summed E-state index contributed by atoms with van der Waals surface area (Å²) in [5, 5.41) is 4.11. The highest BCUT2D eigenvalue weighted by molar-refractivity contribution is 6.06. The predicted octanol–water partition coefficient (Wildman–Crippen LogP) is 2.99. The summed E-state index contributed by atoms with van der Waals surface area (Å²) in [6.45, 7) is 1.84. The quantitative estimate of drug-likeness (QED) is 0.724. The van der Waals surface area contributed by atoms with Crippen molar-refractivity contribution in [2.45, 2.75) is 38.1 Å². The van der Waals surface area contributed by atoms with Gasteiger partial charge in [0.1, 0.15) is 11.7 Å². The Morgan fingerprint density at radius 3 is 2.81 bits per heavy atom. The molecule has 3 heterocycles. The highest BCUT2D eigenvalue weighted by Crippen LogP contribution is 2.42. The van der Waals surface area contributed by atoms with Crippen molar-refractivity contribution in [1.82, 2.24) is 20.1 Å². The van der Waals surface area contributed by atoms with Gasteiger partial charge in [-0.05, 0) is 31.4 Å². The maximum Gasteiger partial charge on any atom is 0.279 e. The molecule has 2 aromatic heterocycles. The van der Waals surface area contributed by atoms with Crippen molar-refractivity contribution >= 4 is 11.6 Å². The Labute approximate surface area is 150 Å². The highest BCUT2D eigenvalue weighted by Gasteiger charge is 2.40. The number of fused-ring (bicyclic) bond motifs is 1. The summed E-state index contributed by atoms with van der Waals surface area (Å²) in [5.74, 6) is 1.43. The number of hydrogen-bond donors (Lipinski definition) is 0. The summed E-state index contributed by atoms with van der Waals surface area (Å²) in [4.78, 5) is 27.9. The predicted molar refractivity (Wildman–Crippen MR) is 92.7 cm³/mol. The van der Waals surface area contributed by atoms with Crippen molar-refractivity contribution in [3.05, 3.63) is 65.3 Å². The van der Waals surface area contributed by atoms with Gasteiger partial charge in [-0.25, -0.2) is 4.98 Å². The summed E-state index contributed by atoms with van der Waals surface area (Å²) in [6, 6.07) is 7.54. The monoisotopic (exact) mass is 347 g/mol. The average Bonchev–Trinajstić information content (AvgIpc) is 3.27. The van der Waals surface area contributed by atoms with E-state index in [1.165, 1.54) is 6.20 Å². The van der Waals surface area contributed by atoms with E-state index in [1.807, 2.05) is 31.2 Å². The largest absolute Gasteiger partial charge is 0.337 e. The van der Waals surface area contributed by atoms with Crippen LogP contribution < -0.4 is 4.90 Å². The van der Waals surface area contributed by atoms with E-state index in [4.69, 9.17) is 4.52 Å². The molecule has 0 spiro atoms. The lowest BCUT2D eigenvalue weighted by Crippen LogP contribution is -2.33. The Morgan fingerprint density at radius 1 is 1.19 bits per heavy atom. The third-order valence-electron chi connectivity index (χ3n) is 4.88. The van der Waals surface area contributed by atoms with E-state index in [2.05, 4.69) is 20.1 Å². The van der Waals surface area contributed by atoms with Crippen molar-refractivity contribution in [2.24, 2.45) is 0 Å². The van der Waals surface area contributed by atoms with Crippen LogP contribution in [0.5, 0.6) is 0 Å². The van der Waals surface area contributed by atoms with Gasteiger partial charge in [-0.1, -0.05) is 23.4 Å². The Hall–Kier alpha value is -3.09. The van der Waals surface area contributed by atoms with Gasteiger partial charge in [0.15, 0.2) is 5.82 Å². The molecule has 0 N–H and O–H groups in total. The van der Waals surface area contributed by atoms with Gasteiger partial charge >= 0.3 is 0 Å². The number of aromatic nitrogens is 4. The van der Waals surface area contributed by atoms with Gasteiger partial charge in [0, 0.05) is 24.2 Å². The summed E-state index contributed by atoms with van der Waals surface area (Å²) < 4.78 is 5.53. The second-order valence-corrected chi connectivity index (χ2v) is 6.83. The number of rotatable bonds is 3. The molecule has 0 saturated heterocycles. The zero-order valence-corrected chi connectivity index (χ0v) is 14.3. The number of para-hydroxylation sites is 1. The van der Waals surface area contributed by atoms with Crippen molar-refractivity contribution in [2.75, 3.05) is 4.90 Å². The third kappa shape index (κ3) is 2.47. The van der Waals surface area contributed by atoms with Crippen LogP contribution in [-0.4, -0.2) is 26.0 Å². The molecule has 130 valence electrons. The number of benzene rings is 1. The minimum absolute atomic E-state index is 0.210. The number of aryl methyl sites for hydroxylation is 1. The molecule has 5 rings (SSSR count). The summed E-state index contributed by atoms with van der Waals surface area (Å²) in [5.41, 5.74) is 3.01. The topological polar surface area (TPSA) is 85.0 Å². The Morgan fingerprint density at radius 2 is 2.04 bits per heavy atom. The van der Waals surface area contributed by atoms with Crippen LogP contribution in [0.15, 0.2) is 41.2 Å². The van der Waals surface area contributed by atoms with E-state index in [0.29, 0.717) is 23.9 Å². The van der Waals surface area contributed by atoms with E-state index >= 15 is 0 Å². The molecule has 0 bridgehead atoms. The molecule has 1 saturated carbocycles. The first kappa shape index (κ1) is 15.2. The van der Waals surface area contributed by atoms with Crippen LogP contribution in [0.1, 0.15) is 58.3 Å². The summed E-state index contributed by atoms with van der Waals surface area (Å²) >= 11 is 0. The van der Waals surface area contributed by atoms with E-state index in [1.54, 1.807) is 11.1 Å². The number of hydrogen-bond acceptors (Lipinski definition) is 6. The molecule has 0 radical (unpaired) electrons. The number of carbonyl (C=O) groups excluding carboxylic acids is 1. The molecule has 1 aliphatic heterocycles. The molecule has 1 unspecified atom stereocenters. The molecule has 1 fully saturated rings. The first-order valence-electron chi connectivity index (χ1n) is 8.74. The van der Waals surface area contributed by atoms with E-state index in [0.717, 1.165) is 35.6 Å². The van der Waals surface area contributed by atoms with Gasteiger partial charge < -0.3 is 4.52 Å². The number of nitrogens with zero attached hydrogens (tertiary/aromatic N) is 5. The summed E-state index contributed by atoms with van der Waals surface area (Å²) in [7, 11) is 0. The molecule has 3 aromatic rings. The lowest BCUT2D eigenvalue weighted by molar-refractivity contribution is 0.0969. The normalized spacial score (nSPS) is 18.8. The van der Waals surface area contributed by atoms with Crippen LogP contribution in [0.25, 0.3) is 0 Å². The van der Waals surface area contributed by atoms with Gasteiger partial charge in [-0.15, -0.1) is 0 Å². The Kier molecular flexibility index (Phi) is 3.34. The molecule has 1 amide bonds. The fraction of sp³-hybridized carbons (Fsp3) is 0.316. The fourth-order valence-electron chi connectivity index (χ4n) is 3.35. The Balaban J connectivity index is 1.55. The van der Waals surface area contributed by atoms with Gasteiger partial charge in [0.2, 0.25) is 5.89 Å². The van der Waals surface area contributed by atoms with Crippen LogP contribution in [0, 0.1) is 6.92 Å². The van der Waals surface area contributed by atoms with Crippen molar-refractivity contribution in [1.29, 1.82) is 0 Å². The Bertz CT molecular complexity index is 978. The van der Waals surface area contributed by atoms with Crippen molar-refractivity contribution in [3.63, 3.8) is 0 Å². The lowest BCUT2D eigenvalue weighted by Gasteiger charge is -2.22. The molecule has 7 nitrogen and oxygen atoms in total. The number of anilines is 1. The highest BCUT2D eigenvalue weighted by atomic mass is 16.5. The molecular formula is C19H17N5O2. The van der Waals surface area contributed by atoms with Crippen LogP contribution in [0.2, 0.25) is 0 Å². The number of carbonyl (C=O) groups is 1. The standard InChI is InChI=1S/C19H17N5O2/c1-11-9-21-14(10-20-11)19(25)24-15-5-3-2-4-13(15)8-16(24)18-22-17(23-26-18)12-6-7-12/h2-5,9-10,12,16H,6-8H2,1H3. The average molecular weight is 347 g/mol. The minimum atomic E-state index is -0.317. The van der Waals surface area contributed by atoms with Crippen LogP contribution in [-0.2, 0) is 6.42 Å². The summed E-state index contributed by atoms with van der Waals surface area (Å²) in [6.07, 6.45) is 5.96. The first-order chi connectivity index (χ1) is 12.7. The molecule has 1 aliphatic carbocycles. The van der Waals surface area contributed by atoms with E-state index in [9.17, 15) is 4.79 Å². The van der Waals surface area contributed by atoms with Crippen molar-refractivity contribution < 1.29 is 9.32 Å². The van der Waals surface area contributed by atoms with Gasteiger partial charge in [0.25, 0.3) is 5.91 Å². The maximum atomic E-state index is 13.2. The van der Waals surface area contributed by atoms with Crippen LogP contribution in [0.4, 0.5) is 5.69 Å². The molecule has 2 aliphatic rings. The lowest BCUT2D eigenvalue weighted by atomic mass is 10.1. The molecule has 7 heteroatoms. The minimum Gasteiger partial charge on any atom is -0.337 e. The SMILES string of the molecule is Cc1cnc(C(=O)N2c3ccccc3CC2c2nc(C3CC3)no2)cn1. The third-order valence-corrected chi connectivity index (χ3v) is 4.88. The second-order valence-electron chi connectivity index (χ2n) is 6.83. The molecule has 26 heavy (non-hydrogen) atoms. The smallest absolute Gasteiger partial charge is 0.279 e. The van der Waals surface area contributed by atoms with Gasteiger partial charge in [0.05, 0.1) is 11.9 Å². The van der Waals surface area contributed by atoms with Gasteiger partial charge in [-0.3, -0.25) is 14.7 Å². The second kappa shape index (κ2) is 5.72. The molecule has 1 aromatic carbocycles. The van der Waals surface area contributed by atoms with Crippen molar-refractivity contribution in [3.8, 4) is 0 Å². The van der Waals surface area contributed by atoms with E-state index in [-0.39, 0.29) is 11.9 Å². The fourth-order valence-corrected chi connectivity index (χ4v) is 3.35. The van der Waals surface area contributed by atoms with Gasteiger partial charge in [-0.2, -0.15) is 4.98 Å². The molecule has 1 atom stereocenters. The zero-order chi connectivity index (χ0) is 17.7. The van der Waals surface area contributed by atoms with E-state index < -0.39 is 0 Å². The molecular weight excluding hydrogens is 330 g/mol.